The maximum Gasteiger partial charge on any atom is 0.235 e. The lowest BCUT2D eigenvalue weighted by atomic mass is 9.95. The van der Waals surface area contributed by atoms with Gasteiger partial charge in [0, 0.05) is 19.3 Å². The smallest absolute Gasteiger partial charge is 0.235 e. The fourth-order valence-electron chi connectivity index (χ4n) is 1.73. The molecule has 2 nitrogen and oxygen atoms in total. The summed E-state index contributed by atoms with van der Waals surface area (Å²) < 4.78 is -0.0544. The number of unbranched alkanes of at least 4 members (excludes halogenated alkanes) is 2. The van der Waals surface area contributed by atoms with Crippen molar-refractivity contribution in [2.75, 3.05) is 0 Å². The standard InChI is InChI=1S/C10H23O2PS2/c1-4-7-8-9-10(5-2,6-3)15-13(11,12)14/h4-9H2,1-3H3,(H2-,11,12,14). The van der Waals surface area contributed by atoms with Crippen LogP contribution in [-0.4, -0.2) is 9.64 Å². The Morgan fingerprint density at radius 2 is 1.80 bits per heavy atom. The van der Waals surface area contributed by atoms with Crippen LogP contribution in [0.1, 0.15) is 59.3 Å². The molecule has 0 aliphatic carbocycles. The lowest BCUT2D eigenvalue weighted by molar-refractivity contribution is -0.170. The van der Waals surface area contributed by atoms with Crippen molar-refractivity contribution in [2.45, 2.75) is 64.0 Å². The topological polar surface area (TPSA) is 43.3 Å². The van der Waals surface area contributed by atoms with E-state index in [4.69, 9.17) is 0 Å². The minimum absolute atomic E-state index is 0.0544. The van der Waals surface area contributed by atoms with Crippen molar-refractivity contribution >= 4 is 28.9 Å². The lowest BCUT2D eigenvalue weighted by Crippen LogP contribution is -2.27. The van der Waals surface area contributed by atoms with E-state index in [1.807, 2.05) is 0 Å². The second kappa shape index (κ2) is 7.29. The zero-order chi connectivity index (χ0) is 11.9. The van der Waals surface area contributed by atoms with E-state index in [9.17, 15) is 9.79 Å². The minimum atomic E-state index is -3.26. The van der Waals surface area contributed by atoms with Crippen LogP contribution in [-0.2, 0) is 10.9 Å². The van der Waals surface area contributed by atoms with Crippen molar-refractivity contribution in [1.29, 1.82) is 0 Å². The van der Waals surface area contributed by atoms with Crippen LogP contribution in [0.25, 0.3) is 0 Å². The predicted molar refractivity (Wildman–Crippen MR) is 72.9 cm³/mol. The molecule has 92 valence electrons. The van der Waals surface area contributed by atoms with Gasteiger partial charge in [-0.1, -0.05) is 45.9 Å². The number of hydrogen-bond acceptors (Lipinski definition) is 1. The zero-order valence-electron chi connectivity index (χ0n) is 9.90. The van der Waals surface area contributed by atoms with Gasteiger partial charge in [0.1, 0.15) is 0 Å². The first kappa shape index (κ1) is 15.9. The molecule has 0 aromatic heterocycles. The highest BCUT2D eigenvalue weighted by molar-refractivity contribution is 8.61. The average Bonchev–Trinajstić information content (AvgIpc) is 2.15. The fraction of sp³-hybridized carbons (Fsp3) is 1.00. The largest absolute Gasteiger partial charge is 0.757 e. The molecular formula is C10H23O2PS2. The van der Waals surface area contributed by atoms with Crippen molar-refractivity contribution in [1.82, 2.24) is 0 Å². The third kappa shape index (κ3) is 6.96. The summed E-state index contributed by atoms with van der Waals surface area (Å²) in [4.78, 5) is 20.7. The van der Waals surface area contributed by atoms with Gasteiger partial charge in [0.15, 0.2) is 15.7 Å². The van der Waals surface area contributed by atoms with Crippen LogP contribution in [0.5, 0.6) is 0 Å². The van der Waals surface area contributed by atoms with Gasteiger partial charge in [0.2, 0.25) is 5.69 Å². The Balaban J connectivity index is 4.59. The molecule has 0 heterocycles. The summed E-state index contributed by atoms with van der Waals surface area (Å²) in [7, 11) is 1.18. The molecule has 0 aliphatic rings. The molecular weight excluding hydrogens is 247 g/mol. The Kier molecular flexibility index (Phi) is 7.73. The van der Waals surface area contributed by atoms with Crippen LogP contribution in [0.15, 0.2) is 0 Å². The SMILES string of the molecule is CCCCCC(CC)(CC)[S+]=P([O-])(O)S. The van der Waals surface area contributed by atoms with E-state index < -0.39 is 5.69 Å². The molecule has 1 unspecified atom stereocenters. The van der Waals surface area contributed by atoms with Crippen LogP contribution < -0.4 is 4.89 Å². The molecule has 15 heavy (non-hydrogen) atoms. The second-order valence-corrected chi connectivity index (χ2v) is 10.4. The van der Waals surface area contributed by atoms with Crippen LogP contribution in [0.3, 0.4) is 0 Å². The third-order valence-corrected chi connectivity index (χ3v) is 6.85. The summed E-state index contributed by atoms with van der Waals surface area (Å²) >= 11 is 3.78. The second-order valence-electron chi connectivity index (χ2n) is 3.93. The molecule has 0 aliphatic heterocycles. The van der Waals surface area contributed by atoms with Gasteiger partial charge in [-0.25, -0.2) is 0 Å². The van der Waals surface area contributed by atoms with Crippen molar-refractivity contribution in [3.63, 3.8) is 0 Å². The summed E-state index contributed by atoms with van der Waals surface area (Å²) in [6, 6.07) is 0. The number of rotatable bonds is 7. The van der Waals surface area contributed by atoms with Crippen molar-refractivity contribution in [2.24, 2.45) is 0 Å². The van der Waals surface area contributed by atoms with Gasteiger partial charge in [-0.3, -0.25) is 0 Å². The van der Waals surface area contributed by atoms with Gasteiger partial charge >= 0.3 is 0 Å². The molecule has 0 aromatic carbocycles. The number of hydrogen-bond donors (Lipinski definition) is 2. The monoisotopic (exact) mass is 270 g/mol. The number of thiol groups is 1. The Bertz CT molecular complexity index is 213. The molecule has 0 radical (unpaired) electrons. The minimum Gasteiger partial charge on any atom is -0.757 e. The normalized spacial score (nSPS) is 16.1. The Labute approximate surface area is 103 Å². The van der Waals surface area contributed by atoms with Crippen molar-refractivity contribution < 1.29 is 9.79 Å². The maximum absolute atomic E-state index is 11.4. The molecule has 0 aromatic rings. The van der Waals surface area contributed by atoms with Gasteiger partial charge in [0.05, 0.1) is 0 Å². The summed E-state index contributed by atoms with van der Waals surface area (Å²) in [5.74, 6) is 0. The first-order valence-corrected chi connectivity index (χ1v) is 9.89. The summed E-state index contributed by atoms with van der Waals surface area (Å²) in [5, 5.41) is 0. The zero-order valence-corrected chi connectivity index (χ0v) is 12.5. The van der Waals surface area contributed by atoms with Crippen molar-refractivity contribution in [3.8, 4) is 0 Å². The highest BCUT2D eigenvalue weighted by atomic mass is 32.9. The van der Waals surface area contributed by atoms with E-state index in [1.165, 1.54) is 23.8 Å². The lowest BCUT2D eigenvalue weighted by Gasteiger charge is -2.20. The molecule has 0 saturated heterocycles. The molecule has 0 bridgehead atoms. The average molecular weight is 270 g/mol. The van der Waals surface area contributed by atoms with E-state index in [-0.39, 0.29) is 4.75 Å². The Morgan fingerprint density at radius 1 is 1.27 bits per heavy atom. The van der Waals surface area contributed by atoms with Gasteiger partial charge in [-0.05, 0) is 6.42 Å². The molecule has 0 rings (SSSR count). The molecule has 5 heteroatoms. The van der Waals surface area contributed by atoms with Crippen LogP contribution >= 0.6 is 17.9 Å². The molecule has 0 spiro atoms. The van der Waals surface area contributed by atoms with E-state index in [1.54, 1.807) is 0 Å². The maximum atomic E-state index is 11.4. The summed E-state index contributed by atoms with van der Waals surface area (Å²) in [6.45, 7) is 6.35. The van der Waals surface area contributed by atoms with E-state index in [0.717, 1.165) is 25.7 Å². The third-order valence-electron chi connectivity index (χ3n) is 2.84. The molecule has 0 fully saturated rings. The summed E-state index contributed by atoms with van der Waals surface area (Å²) in [6.07, 6.45) is 6.41. The Morgan fingerprint density at radius 3 is 2.13 bits per heavy atom. The van der Waals surface area contributed by atoms with Crippen LogP contribution in [0.4, 0.5) is 0 Å². The fourth-order valence-corrected chi connectivity index (χ4v) is 6.85. The first-order chi connectivity index (χ1) is 6.89. The van der Waals surface area contributed by atoms with Crippen LogP contribution in [0, 0.1) is 0 Å². The highest BCUT2D eigenvalue weighted by Crippen LogP contribution is 2.43. The van der Waals surface area contributed by atoms with Gasteiger partial charge in [-0.2, -0.15) is 0 Å². The predicted octanol–water partition coefficient (Wildman–Crippen LogP) is 3.17. The van der Waals surface area contributed by atoms with Gasteiger partial charge < -0.3 is 9.79 Å². The molecule has 0 amide bonds. The highest BCUT2D eigenvalue weighted by Gasteiger charge is 2.37. The van der Waals surface area contributed by atoms with E-state index >= 15 is 0 Å². The molecule has 0 saturated carbocycles. The summed E-state index contributed by atoms with van der Waals surface area (Å²) in [5.41, 5.74) is -3.26. The van der Waals surface area contributed by atoms with E-state index in [0.29, 0.717) is 0 Å². The molecule has 1 atom stereocenters. The van der Waals surface area contributed by atoms with Gasteiger partial charge in [-0.15, -0.1) is 0 Å². The Hall–Kier alpha value is 0.920. The molecule has 1 N–H and O–H groups in total. The van der Waals surface area contributed by atoms with Gasteiger partial charge in [0.25, 0.3) is 0 Å². The first-order valence-electron chi connectivity index (χ1n) is 5.65. The van der Waals surface area contributed by atoms with Crippen molar-refractivity contribution in [3.05, 3.63) is 0 Å². The van der Waals surface area contributed by atoms with Crippen LogP contribution in [0.2, 0.25) is 0 Å². The van der Waals surface area contributed by atoms with E-state index in [2.05, 4.69) is 33.0 Å². The quantitative estimate of drug-likeness (QED) is 0.323.